The van der Waals surface area contributed by atoms with E-state index in [9.17, 15) is 30.6 Å². The fourth-order valence-electron chi connectivity index (χ4n) is 12.4. The van der Waals surface area contributed by atoms with Crippen molar-refractivity contribution in [3.8, 4) is 0 Å². The molecule has 0 bridgehead atoms. The highest BCUT2D eigenvalue weighted by Gasteiger charge is 2.69. The molecule has 0 radical (unpaired) electrons. The predicted octanol–water partition coefficient (Wildman–Crippen LogP) is 2.00. The molecule has 4 saturated heterocycles. The first-order chi connectivity index (χ1) is 23.7. The molecule has 4 aliphatic heterocycles. The average molecular weight is 709 g/mol. The molecule has 12 nitrogen and oxygen atoms in total. The first-order valence-corrected chi connectivity index (χ1v) is 19.4. The van der Waals surface area contributed by atoms with E-state index in [1.165, 1.54) is 12.5 Å². The van der Waals surface area contributed by atoms with E-state index in [4.69, 9.17) is 28.4 Å². The molecule has 21 unspecified atom stereocenters. The van der Waals surface area contributed by atoms with Crippen LogP contribution in [0.5, 0.6) is 0 Å². The number of hydrogen-bond acceptors (Lipinski definition) is 12. The quantitative estimate of drug-likeness (QED) is 0.235. The van der Waals surface area contributed by atoms with Gasteiger partial charge in [-0.15, -0.1) is 0 Å². The van der Waals surface area contributed by atoms with Gasteiger partial charge in [-0.1, -0.05) is 39.3 Å². The Bertz CT molecular complexity index is 1290. The number of aliphatic hydroxyl groups is 6. The van der Waals surface area contributed by atoms with Gasteiger partial charge in [0.2, 0.25) is 0 Å². The van der Waals surface area contributed by atoms with Crippen molar-refractivity contribution in [2.45, 2.75) is 165 Å². The standard InChI is InChI=1S/C38H60O12/c1-17-8-11-38(46-15-17)18(2)28-26(50-38)14-24-22-7-6-20-12-21(39)13-27(37(20,5)23(22)9-10-36(24,28)4)48-34-32(44)33(25(40)16-45-34)49-35-31(43)30(42)29(41)19(3)47-35/h6,17-19,21-35,39-44H,7-16H2,1-5H3. The van der Waals surface area contributed by atoms with E-state index in [1.807, 2.05) is 0 Å². The van der Waals surface area contributed by atoms with Crippen molar-refractivity contribution in [1.82, 2.24) is 0 Å². The zero-order valence-electron chi connectivity index (χ0n) is 30.2. The van der Waals surface area contributed by atoms with Crippen LogP contribution in [0, 0.1) is 46.3 Å². The molecule has 21 atom stereocenters. The summed E-state index contributed by atoms with van der Waals surface area (Å²) >= 11 is 0. The average Bonchev–Trinajstić information content (AvgIpc) is 3.53. The number of allylic oxidation sites excluding steroid dienone is 1. The van der Waals surface area contributed by atoms with Crippen molar-refractivity contribution in [2.75, 3.05) is 13.2 Å². The zero-order chi connectivity index (χ0) is 35.5. The van der Waals surface area contributed by atoms with E-state index in [2.05, 4.69) is 33.8 Å². The lowest BCUT2D eigenvalue weighted by molar-refractivity contribution is -0.352. The van der Waals surface area contributed by atoms with Gasteiger partial charge >= 0.3 is 0 Å². The largest absolute Gasteiger partial charge is 0.393 e. The first-order valence-electron chi connectivity index (χ1n) is 19.4. The molecule has 4 aliphatic carbocycles. The third-order valence-electron chi connectivity index (χ3n) is 15.2. The summed E-state index contributed by atoms with van der Waals surface area (Å²) in [5.74, 6) is 2.14. The van der Waals surface area contributed by atoms with Crippen molar-refractivity contribution in [1.29, 1.82) is 0 Å². The summed E-state index contributed by atoms with van der Waals surface area (Å²) in [5, 5.41) is 64.4. The second-order valence-corrected chi connectivity index (χ2v) is 17.9. The van der Waals surface area contributed by atoms with Crippen LogP contribution in [-0.4, -0.2) is 123 Å². The Kier molecular flexibility index (Phi) is 9.38. The Morgan fingerprint density at radius 3 is 2.34 bits per heavy atom. The summed E-state index contributed by atoms with van der Waals surface area (Å²) in [6.45, 7) is 11.5. The Labute approximate surface area is 295 Å². The minimum Gasteiger partial charge on any atom is -0.393 e. The van der Waals surface area contributed by atoms with Gasteiger partial charge in [0.25, 0.3) is 0 Å². The van der Waals surface area contributed by atoms with Gasteiger partial charge in [0.1, 0.15) is 36.6 Å². The topological polar surface area (TPSA) is 177 Å². The van der Waals surface area contributed by atoms with E-state index in [0.717, 1.165) is 45.1 Å². The molecule has 0 aromatic rings. The number of fused-ring (bicyclic) bond motifs is 7. The lowest BCUT2D eigenvalue weighted by Crippen LogP contribution is -2.63. The van der Waals surface area contributed by atoms with Crippen LogP contribution in [0.4, 0.5) is 0 Å². The van der Waals surface area contributed by atoms with Crippen molar-refractivity contribution in [3.63, 3.8) is 0 Å². The van der Waals surface area contributed by atoms with Crippen LogP contribution in [0.2, 0.25) is 0 Å². The van der Waals surface area contributed by atoms with E-state index in [-0.39, 0.29) is 18.1 Å². The summed E-state index contributed by atoms with van der Waals surface area (Å²) < 4.78 is 37.6. The van der Waals surface area contributed by atoms with Gasteiger partial charge in [-0.3, -0.25) is 0 Å². The predicted molar refractivity (Wildman–Crippen MR) is 177 cm³/mol. The second kappa shape index (κ2) is 12.9. The molecular weight excluding hydrogens is 648 g/mol. The van der Waals surface area contributed by atoms with Gasteiger partial charge in [0, 0.05) is 24.2 Å². The van der Waals surface area contributed by atoms with E-state index >= 15 is 0 Å². The van der Waals surface area contributed by atoms with Gasteiger partial charge in [-0.25, -0.2) is 0 Å². The third kappa shape index (κ3) is 5.45. The van der Waals surface area contributed by atoms with Crippen LogP contribution >= 0.6 is 0 Å². The molecule has 0 aromatic heterocycles. The molecule has 50 heavy (non-hydrogen) atoms. The Hall–Kier alpha value is -0.740. The summed E-state index contributed by atoms with van der Waals surface area (Å²) in [7, 11) is 0. The fraction of sp³-hybridized carbons (Fsp3) is 0.947. The van der Waals surface area contributed by atoms with E-state index < -0.39 is 78.7 Å². The lowest BCUT2D eigenvalue weighted by atomic mass is 9.46. The van der Waals surface area contributed by atoms with Gasteiger partial charge in [0.15, 0.2) is 18.4 Å². The van der Waals surface area contributed by atoms with Crippen molar-refractivity contribution >= 4 is 0 Å². The van der Waals surface area contributed by atoms with Gasteiger partial charge in [0.05, 0.1) is 37.6 Å². The highest BCUT2D eigenvalue weighted by atomic mass is 16.7. The lowest BCUT2D eigenvalue weighted by Gasteiger charge is -2.60. The van der Waals surface area contributed by atoms with E-state index in [0.29, 0.717) is 48.3 Å². The van der Waals surface area contributed by atoms with Gasteiger partial charge in [-0.2, -0.15) is 0 Å². The molecule has 0 aromatic carbocycles. The molecule has 8 aliphatic rings. The van der Waals surface area contributed by atoms with Gasteiger partial charge < -0.3 is 59.1 Å². The summed E-state index contributed by atoms with van der Waals surface area (Å²) in [6.07, 6.45) is -3.11. The molecule has 6 N–H and O–H groups in total. The second-order valence-electron chi connectivity index (χ2n) is 17.9. The number of hydrogen-bond donors (Lipinski definition) is 6. The molecule has 0 amide bonds. The Morgan fingerprint density at radius 1 is 0.820 bits per heavy atom. The van der Waals surface area contributed by atoms with Crippen molar-refractivity contribution in [2.24, 2.45) is 46.3 Å². The number of ether oxygens (including phenoxy) is 6. The SMILES string of the molecule is CC1CCC2(OC1)OC1CC3C4CC=C5CC(O)CC(OC6OCC(O)C(OC7OC(C)C(O)C(O)C7O)C6O)C5(C)C4CCC3(C)C1C2C. The Balaban J connectivity index is 1.01. The van der Waals surface area contributed by atoms with E-state index in [1.54, 1.807) is 0 Å². The van der Waals surface area contributed by atoms with Crippen molar-refractivity contribution in [3.05, 3.63) is 11.6 Å². The molecule has 4 heterocycles. The molecule has 284 valence electrons. The van der Waals surface area contributed by atoms with Crippen LogP contribution in [-0.2, 0) is 28.4 Å². The number of aliphatic hydroxyl groups excluding tert-OH is 6. The maximum Gasteiger partial charge on any atom is 0.187 e. The fourth-order valence-corrected chi connectivity index (χ4v) is 12.4. The summed E-state index contributed by atoms with van der Waals surface area (Å²) in [4.78, 5) is 0. The molecule has 8 rings (SSSR count). The minimum atomic E-state index is -1.59. The normalized spacial score (nSPS) is 59.3. The molecular formula is C38H60O12. The highest BCUT2D eigenvalue weighted by molar-refractivity contribution is 5.28. The summed E-state index contributed by atoms with van der Waals surface area (Å²) in [6, 6.07) is 0. The molecule has 7 fully saturated rings. The molecule has 12 heteroatoms. The first kappa shape index (κ1) is 36.2. The Morgan fingerprint density at radius 2 is 1.60 bits per heavy atom. The molecule has 3 saturated carbocycles. The number of rotatable bonds is 4. The smallest absolute Gasteiger partial charge is 0.187 e. The summed E-state index contributed by atoms with van der Waals surface area (Å²) in [5.41, 5.74) is 0.950. The van der Waals surface area contributed by atoms with Gasteiger partial charge in [-0.05, 0) is 80.5 Å². The van der Waals surface area contributed by atoms with Crippen LogP contribution in [0.25, 0.3) is 0 Å². The van der Waals surface area contributed by atoms with Crippen LogP contribution in [0.3, 0.4) is 0 Å². The third-order valence-corrected chi connectivity index (χ3v) is 15.2. The monoisotopic (exact) mass is 708 g/mol. The maximum absolute atomic E-state index is 11.5. The highest BCUT2D eigenvalue weighted by Crippen LogP contribution is 2.71. The van der Waals surface area contributed by atoms with Crippen LogP contribution in [0.1, 0.15) is 86.0 Å². The van der Waals surface area contributed by atoms with Crippen LogP contribution in [0.15, 0.2) is 11.6 Å². The molecule has 1 spiro atoms. The maximum atomic E-state index is 11.5. The van der Waals surface area contributed by atoms with Crippen molar-refractivity contribution < 1.29 is 59.1 Å². The minimum absolute atomic E-state index is 0.143. The van der Waals surface area contributed by atoms with Crippen LogP contribution < -0.4 is 0 Å². The zero-order valence-corrected chi connectivity index (χ0v) is 30.2.